The van der Waals surface area contributed by atoms with E-state index in [2.05, 4.69) is 27.2 Å². The Morgan fingerprint density at radius 1 is 1.32 bits per heavy atom. The summed E-state index contributed by atoms with van der Waals surface area (Å²) in [6, 6.07) is 10.2. The highest BCUT2D eigenvalue weighted by molar-refractivity contribution is 5.77. The number of aromatic nitrogens is 3. The lowest BCUT2D eigenvalue weighted by molar-refractivity contribution is -0.0401. The van der Waals surface area contributed by atoms with E-state index >= 15 is 0 Å². The second kappa shape index (κ2) is 5.55. The third-order valence-electron chi connectivity index (χ3n) is 4.04. The van der Waals surface area contributed by atoms with E-state index in [4.69, 9.17) is 9.15 Å². The van der Waals surface area contributed by atoms with E-state index in [0.29, 0.717) is 6.61 Å². The van der Waals surface area contributed by atoms with Crippen LogP contribution in [0.2, 0.25) is 0 Å². The fraction of sp³-hybridized carbons (Fsp3) is 0.375. The average molecular weight is 298 g/mol. The molecule has 1 aliphatic rings. The minimum Gasteiger partial charge on any atom is -0.460 e. The molecular formula is C16H18N4O2. The molecule has 2 aromatic heterocycles. The van der Waals surface area contributed by atoms with Crippen LogP contribution in [0.15, 0.2) is 41.1 Å². The third-order valence-corrected chi connectivity index (χ3v) is 4.04. The lowest BCUT2D eigenvalue weighted by Gasteiger charge is -2.31. The predicted molar refractivity (Wildman–Crippen MR) is 81.2 cm³/mol. The van der Waals surface area contributed by atoms with Crippen molar-refractivity contribution in [3.63, 3.8) is 0 Å². The number of ether oxygens (including phenoxy) is 1. The molecule has 0 N–H and O–H groups in total. The first kappa shape index (κ1) is 13.5. The van der Waals surface area contributed by atoms with Gasteiger partial charge in [0.1, 0.15) is 23.8 Å². The van der Waals surface area contributed by atoms with Crippen molar-refractivity contribution in [2.75, 3.05) is 19.7 Å². The molecule has 1 atom stereocenters. The molecule has 114 valence electrons. The largest absolute Gasteiger partial charge is 0.460 e. The Labute approximate surface area is 128 Å². The Hall–Kier alpha value is -2.18. The second-order valence-electron chi connectivity index (χ2n) is 5.65. The van der Waals surface area contributed by atoms with Crippen LogP contribution in [0.25, 0.3) is 11.0 Å². The lowest BCUT2D eigenvalue weighted by Crippen LogP contribution is -2.38. The molecule has 3 aromatic rings. The molecule has 1 aliphatic heterocycles. The van der Waals surface area contributed by atoms with Crippen molar-refractivity contribution in [1.82, 2.24) is 19.7 Å². The summed E-state index contributed by atoms with van der Waals surface area (Å²) in [5.41, 5.74) is 0.940. The number of aryl methyl sites for hydroxylation is 1. The molecule has 6 nitrogen and oxygen atoms in total. The maximum Gasteiger partial charge on any atom is 0.163 e. The number of benzene rings is 1. The van der Waals surface area contributed by atoms with Gasteiger partial charge in [-0.3, -0.25) is 4.90 Å². The Kier molecular flexibility index (Phi) is 3.40. The second-order valence-corrected chi connectivity index (χ2v) is 5.65. The van der Waals surface area contributed by atoms with Crippen LogP contribution in [0.1, 0.15) is 17.7 Å². The third kappa shape index (κ3) is 2.51. The van der Waals surface area contributed by atoms with Gasteiger partial charge in [0.15, 0.2) is 5.82 Å². The molecule has 0 bridgehead atoms. The van der Waals surface area contributed by atoms with Crippen LogP contribution >= 0.6 is 0 Å². The molecule has 3 heterocycles. The van der Waals surface area contributed by atoms with Gasteiger partial charge in [-0.2, -0.15) is 0 Å². The zero-order valence-corrected chi connectivity index (χ0v) is 12.5. The first-order chi connectivity index (χ1) is 10.8. The molecular weight excluding hydrogens is 280 g/mol. The molecule has 1 aromatic carbocycles. The van der Waals surface area contributed by atoms with Gasteiger partial charge in [-0.05, 0) is 12.1 Å². The van der Waals surface area contributed by atoms with E-state index in [1.54, 1.807) is 6.33 Å². The molecule has 22 heavy (non-hydrogen) atoms. The standard InChI is InChI=1S/C16H18N4O2/c1-19-11-17-18-16(19)15-10-20(6-7-21-15)9-13-8-12-4-2-3-5-14(12)22-13/h2-5,8,11,15H,6-7,9-10H2,1H3. The zero-order chi connectivity index (χ0) is 14.9. The summed E-state index contributed by atoms with van der Waals surface area (Å²) in [6.07, 6.45) is 1.67. The van der Waals surface area contributed by atoms with Crippen molar-refractivity contribution in [2.45, 2.75) is 12.6 Å². The minimum atomic E-state index is -0.0365. The topological polar surface area (TPSA) is 56.3 Å². The molecule has 1 saturated heterocycles. The molecule has 6 heteroatoms. The zero-order valence-electron chi connectivity index (χ0n) is 12.5. The SMILES string of the molecule is Cn1cnnc1C1CN(Cc2cc3ccccc3o2)CCO1. The normalized spacial score (nSPS) is 19.8. The van der Waals surface area contributed by atoms with E-state index in [0.717, 1.165) is 42.2 Å². The van der Waals surface area contributed by atoms with Gasteiger partial charge in [0.25, 0.3) is 0 Å². The number of hydrogen-bond donors (Lipinski definition) is 0. The minimum absolute atomic E-state index is 0.0365. The number of hydrogen-bond acceptors (Lipinski definition) is 5. The van der Waals surface area contributed by atoms with Crippen molar-refractivity contribution < 1.29 is 9.15 Å². The highest BCUT2D eigenvalue weighted by Gasteiger charge is 2.26. The molecule has 0 aliphatic carbocycles. The van der Waals surface area contributed by atoms with Gasteiger partial charge in [0.2, 0.25) is 0 Å². The fourth-order valence-electron chi connectivity index (χ4n) is 2.92. The molecule has 4 rings (SSSR count). The Morgan fingerprint density at radius 3 is 3.05 bits per heavy atom. The molecule has 0 spiro atoms. The van der Waals surface area contributed by atoms with E-state index < -0.39 is 0 Å². The fourth-order valence-corrected chi connectivity index (χ4v) is 2.92. The quantitative estimate of drug-likeness (QED) is 0.741. The number of para-hydroxylation sites is 1. The summed E-state index contributed by atoms with van der Waals surface area (Å²) >= 11 is 0. The van der Waals surface area contributed by atoms with Gasteiger partial charge in [-0.1, -0.05) is 18.2 Å². The lowest BCUT2D eigenvalue weighted by atomic mass is 10.2. The highest BCUT2D eigenvalue weighted by Crippen LogP contribution is 2.24. The van der Waals surface area contributed by atoms with Crippen LogP contribution in [0.5, 0.6) is 0 Å². The molecule has 0 saturated carbocycles. The molecule has 1 unspecified atom stereocenters. The Bertz CT molecular complexity index is 746. The number of morpholine rings is 1. The monoisotopic (exact) mass is 298 g/mol. The van der Waals surface area contributed by atoms with Gasteiger partial charge in [0, 0.05) is 25.5 Å². The smallest absolute Gasteiger partial charge is 0.163 e. The summed E-state index contributed by atoms with van der Waals surface area (Å²) in [5, 5.41) is 9.23. The van der Waals surface area contributed by atoms with Crippen LogP contribution in [0.4, 0.5) is 0 Å². The number of nitrogens with zero attached hydrogens (tertiary/aromatic N) is 4. The average Bonchev–Trinajstić information content (AvgIpc) is 3.12. The van der Waals surface area contributed by atoms with Crippen LogP contribution in [-0.4, -0.2) is 39.4 Å². The van der Waals surface area contributed by atoms with Gasteiger partial charge >= 0.3 is 0 Å². The van der Waals surface area contributed by atoms with Crippen LogP contribution < -0.4 is 0 Å². The highest BCUT2D eigenvalue weighted by atomic mass is 16.5. The van der Waals surface area contributed by atoms with E-state index in [-0.39, 0.29) is 6.10 Å². The van der Waals surface area contributed by atoms with Crippen LogP contribution in [-0.2, 0) is 18.3 Å². The molecule has 0 radical (unpaired) electrons. The van der Waals surface area contributed by atoms with Gasteiger partial charge < -0.3 is 13.7 Å². The van der Waals surface area contributed by atoms with E-state index in [9.17, 15) is 0 Å². The van der Waals surface area contributed by atoms with Crippen molar-refractivity contribution in [1.29, 1.82) is 0 Å². The summed E-state index contributed by atoms with van der Waals surface area (Å²) in [7, 11) is 1.94. The number of fused-ring (bicyclic) bond motifs is 1. The first-order valence-corrected chi connectivity index (χ1v) is 7.45. The molecule has 1 fully saturated rings. The van der Waals surface area contributed by atoms with E-state index in [1.807, 2.05) is 29.8 Å². The van der Waals surface area contributed by atoms with Gasteiger partial charge in [-0.25, -0.2) is 0 Å². The predicted octanol–water partition coefficient (Wildman–Crippen LogP) is 2.13. The van der Waals surface area contributed by atoms with Crippen LogP contribution in [0, 0.1) is 0 Å². The summed E-state index contributed by atoms with van der Waals surface area (Å²) in [4.78, 5) is 2.33. The van der Waals surface area contributed by atoms with Gasteiger partial charge in [0.05, 0.1) is 13.2 Å². The first-order valence-electron chi connectivity index (χ1n) is 7.45. The van der Waals surface area contributed by atoms with Gasteiger partial charge in [-0.15, -0.1) is 10.2 Å². The summed E-state index contributed by atoms with van der Waals surface area (Å²) < 4.78 is 13.7. The Morgan fingerprint density at radius 2 is 2.23 bits per heavy atom. The number of furan rings is 1. The Balaban J connectivity index is 1.49. The maximum absolute atomic E-state index is 5.90. The van der Waals surface area contributed by atoms with Crippen molar-refractivity contribution in [3.8, 4) is 0 Å². The van der Waals surface area contributed by atoms with Crippen molar-refractivity contribution in [2.24, 2.45) is 7.05 Å². The van der Waals surface area contributed by atoms with Crippen molar-refractivity contribution in [3.05, 3.63) is 48.2 Å². The summed E-state index contributed by atoms with van der Waals surface area (Å²) in [5.74, 6) is 1.86. The summed E-state index contributed by atoms with van der Waals surface area (Å²) in [6.45, 7) is 3.17. The maximum atomic E-state index is 5.90. The van der Waals surface area contributed by atoms with E-state index in [1.165, 1.54) is 0 Å². The number of rotatable bonds is 3. The van der Waals surface area contributed by atoms with Crippen LogP contribution in [0.3, 0.4) is 0 Å². The van der Waals surface area contributed by atoms with Crippen molar-refractivity contribution >= 4 is 11.0 Å². The molecule has 0 amide bonds.